The quantitative estimate of drug-likeness (QED) is 0.585. The molecule has 3 rings (SSSR count). The van der Waals surface area contributed by atoms with Crippen LogP contribution in [0.4, 0.5) is 4.39 Å². The largest absolute Gasteiger partial charge is 0.503 e. The number of carbonyl (C=O) groups is 2. The van der Waals surface area contributed by atoms with E-state index in [9.17, 15) is 19.1 Å². The first-order valence-electron chi connectivity index (χ1n) is 9.78. The summed E-state index contributed by atoms with van der Waals surface area (Å²) in [5, 5.41) is 19.3. The fraction of sp³-hybridized carbons (Fsp3) is 0.304. The van der Waals surface area contributed by atoms with E-state index in [1.807, 2.05) is 30.3 Å². The second-order valence-corrected chi connectivity index (χ2v) is 6.96. The Morgan fingerprint density at radius 1 is 1.10 bits per heavy atom. The van der Waals surface area contributed by atoms with Crippen LogP contribution < -0.4 is 0 Å². The summed E-state index contributed by atoms with van der Waals surface area (Å²) in [7, 11) is 0. The molecule has 6 nitrogen and oxygen atoms in total. The van der Waals surface area contributed by atoms with Crippen LogP contribution in [-0.4, -0.2) is 53.2 Å². The van der Waals surface area contributed by atoms with Gasteiger partial charge in [0.2, 0.25) is 0 Å². The number of aryl methyl sites for hydroxylation is 1. The van der Waals surface area contributed by atoms with E-state index in [1.165, 1.54) is 23.1 Å². The molecule has 1 unspecified atom stereocenters. The molecule has 1 aliphatic heterocycles. The Hall–Kier alpha value is -3.03. The van der Waals surface area contributed by atoms with Gasteiger partial charge in [-0.3, -0.25) is 9.59 Å². The molecule has 1 amide bonds. The molecule has 0 aromatic heterocycles. The zero-order valence-electron chi connectivity index (χ0n) is 16.5. The van der Waals surface area contributed by atoms with E-state index in [0.29, 0.717) is 12.0 Å². The van der Waals surface area contributed by atoms with E-state index in [-0.39, 0.29) is 44.1 Å². The summed E-state index contributed by atoms with van der Waals surface area (Å²) in [5.41, 5.74) is 1.34. The van der Waals surface area contributed by atoms with Gasteiger partial charge in [0.15, 0.2) is 11.5 Å². The van der Waals surface area contributed by atoms with Crippen molar-refractivity contribution in [1.82, 2.24) is 4.90 Å². The molecule has 1 atom stereocenters. The molecule has 30 heavy (non-hydrogen) atoms. The number of amides is 1. The predicted octanol–water partition coefficient (Wildman–Crippen LogP) is 2.73. The van der Waals surface area contributed by atoms with Gasteiger partial charge in [-0.05, 0) is 29.7 Å². The third-order valence-electron chi connectivity index (χ3n) is 4.96. The Labute approximate surface area is 174 Å². The van der Waals surface area contributed by atoms with Crippen molar-refractivity contribution in [3.05, 3.63) is 82.9 Å². The van der Waals surface area contributed by atoms with Crippen LogP contribution in [-0.2, 0) is 20.7 Å². The molecule has 1 heterocycles. The third-order valence-corrected chi connectivity index (χ3v) is 4.96. The van der Waals surface area contributed by atoms with Gasteiger partial charge >= 0.3 is 0 Å². The van der Waals surface area contributed by atoms with Crippen LogP contribution in [0.3, 0.4) is 0 Å². The topological polar surface area (TPSA) is 87.1 Å². The fourth-order valence-electron chi connectivity index (χ4n) is 3.56. The van der Waals surface area contributed by atoms with E-state index in [1.54, 1.807) is 6.07 Å². The molecule has 7 heteroatoms. The second-order valence-electron chi connectivity index (χ2n) is 6.96. The Morgan fingerprint density at radius 3 is 2.57 bits per heavy atom. The maximum absolute atomic E-state index is 13.9. The molecule has 158 valence electrons. The number of carbonyl (C=O) groups excluding carboxylic acids is 2. The standard InChI is InChI=1S/C23H24FNO5/c24-18-8-4-7-17(15-18)21-20(19(27)10-9-16-5-2-1-3-6-16)22(28)23(29)25(21)11-13-30-14-12-26/h1-8,15,21,26,28H,9-14H2. The van der Waals surface area contributed by atoms with Crippen LogP contribution in [0.25, 0.3) is 0 Å². The summed E-state index contributed by atoms with van der Waals surface area (Å²) < 4.78 is 19.1. The Bertz CT molecular complexity index is 928. The monoisotopic (exact) mass is 413 g/mol. The summed E-state index contributed by atoms with van der Waals surface area (Å²) in [5.74, 6) is -2.17. The average molecular weight is 413 g/mol. The summed E-state index contributed by atoms with van der Waals surface area (Å²) >= 11 is 0. The van der Waals surface area contributed by atoms with Crippen molar-refractivity contribution in [1.29, 1.82) is 0 Å². The van der Waals surface area contributed by atoms with E-state index in [0.717, 1.165) is 5.56 Å². The molecule has 0 saturated carbocycles. The maximum Gasteiger partial charge on any atom is 0.290 e. The van der Waals surface area contributed by atoms with Crippen LogP contribution >= 0.6 is 0 Å². The van der Waals surface area contributed by atoms with Gasteiger partial charge in [-0.15, -0.1) is 0 Å². The average Bonchev–Trinajstić information content (AvgIpc) is 3.01. The van der Waals surface area contributed by atoms with Gasteiger partial charge in [-0.2, -0.15) is 0 Å². The highest BCUT2D eigenvalue weighted by molar-refractivity contribution is 6.09. The highest BCUT2D eigenvalue weighted by atomic mass is 19.1. The van der Waals surface area contributed by atoms with Crippen LogP contribution in [0.1, 0.15) is 23.6 Å². The summed E-state index contributed by atoms with van der Waals surface area (Å²) in [6.07, 6.45) is 0.567. The number of ether oxygens (including phenoxy) is 1. The maximum atomic E-state index is 13.9. The highest BCUT2D eigenvalue weighted by Gasteiger charge is 2.43. The molecule has 1 aliphatic rings. The van der Waals surface area contributed by atoms with E-state index in [2.05, 4.69) is 0 Å². The minimum absolute atomic E-state index is 0.0244. The molecule has 0 saturated heterocycles. The third kappa shape index (κ3) is 4.93. The van der Waals surface area contributed by atoms with Crippen LogP contribution in [0.2, 0.25) is 0 Å². The van der Waals surface area contributed by atoms with Gasteiger partial charge in [0.05, 0.1) is 31.4 Å². The Morgan fingerprint density at radius 2 is 1.87 bits per heavy atom. The first-order chi connectivity index (χ1) is 14.5. The number of aliphatic hydroxyl groups excluding tert-OH is 2. The van der Waals surface area contributed by atoms with Gasteiger partial charge in [-0.25, -0.2) is 4.39 Å². The normalized spacial score (nSPS) is 16.4. The lowest BCUT2D eigenvalue weighted by atomic mass is 9.93. The van der Waals surface area contributed by atoms with Crippen molar-refractivity contribution in [3.8, 4) is 0 Å². The number of hydrogen-bond donors (Lipinski definition) is 2. The molecule has 2 aromatic carbocycles. The second kappa shape index (κ2) is 10.1. The van der Waals surface area contributed by atoms with E-state index >= 15 is 0 Å². The molecule has 2 N–H and O–H groups in total. The van der Waals surface area contributed by atoms with E-state index in [4.69, 9.17) is 9.84 Å². The zero-order chi connectivity index (χ0) is 21.5. The number of benzene rings is 2. The van der Waals surface area contributed by atoms with Gasteiger partial charge in [-0.1, -0.05) is 42.5 Å². The zero-order valence-corrected chi connectivity index (χ0v) is 16.5. The number of Topliss-reactive ketones (excluding diaryl/α,β-unsaturated/α-hetero) is 1. The lowest BCUT2D eigenvalue weighted by molar-refractivity contribution is -0.130. The minimum atomic E-state index is -0.894. The summed E-state index contributed by atoms with van der Waals surface area (Å²) in [6, 6.07) is 14.2. The Balaban J connectivity index is 1.85. The van der Waals surface area contributed by atoms with Crippen LogP contribution in [0.15, 0.2) is 65.9 Å². The van der Waals surface area contributed by atoms with Crippen molar-refractivity contribution in [2.75, 3.05) is 26.4 Å². The smallest absolute Gasteiger partial charge is 0.290 e. The van der Waals surface area contributed by atoms with E-state index < -0.39 is 23.5 Å². The number of hydrogen-bond acceptors (Lipinski definition) is 5. The van der Waals surface area contributed by atoms with Crippen molar-refractivity contribution in [2.45, 2.75) is 18.9 Å². The first-order valence-corrected chi connectivity index (χ1v) is 9.78. The molecule has 0 radical (unpaired) electrons. The van der Waals surface area contributed by atoms with Gasteiger partial charge in [0, 0.05) is 13.0 Å². The van der Waals surface area contributed by atoms with Crippen molar-refractivity contribution in [3.63, 3.8) is 0 Å². The number of rotatable bonds is 10. The lowest BCUT2D eigenvalue weighted by Gasteiger charge is -2.26. The number of aliphatic hydroxyl groups is 2. The molecule has 2 aromatic rings. The molecule has 0 spiro atoms. The Kier molecular flexibility index (Phi) is 7.32. The highest BCUT2D eigenvalue weighted by Crippen LogP contribution is 2.38. The number of ketones is 1. The molecular weight excluding hydrogens is 389 g/mol. The molecule has 0 bridgehead atoms. The minimum Gasteiger partial charge on any atom is -0.503 e. The molecular formula is C23H24FNO5. The number of nitrogens with zero attached hydrogens (tertiary/aromatic N) is 1. The SMILES string of the molecule is O=C(CCc1ccccc1)C1=C(O)C(=O)N(CCOCCO)C1c1cccc(F)c1. The predicted molar refractivity (Wildman–Crippen MR) is 108 cm³/mol. The summed E-state index contributed by atoms with van der Waals surface area (Å²) in [6.45, 7) is 0.138. The van der Waals surface area contributed by atoms with Crippen molar-refractivity contribution in [2.24, 2.45) is 0 Å². The fourth-order valence-corrected chi connectivity index (χ4v) is 3.56. The summed E-state index contributed by atoms with van der Waals surface area (Å²) in [4.78, 5) is 27.0. The van der Waals surface area contributed by atoms with Gasteiger partial charge in [0.25, 0.3) is 5.91 Å². The lowest BCUT2D eigenvalue weighted by Crippen LogP contribution is -2.34. The molecule has 0 fully saturated rings. The number of halogens is 1. The van der Waals surface area contributed by atoms with Crippen LogP contribution in [0.5, 0.6) is 0 Å². The van der Waals surface area contributed by atoms with Gasteiger partial charge < -0.3 is 19.8 Å². The van der Waals surface area contributed by atoms with Crippen LogP contribution in [0, 0.1) is 5.82 Å². The van der Waals surface area contributed by atoms with Crippen molar-refractivity contribution >= 4 is 11.7 Å². The van der Waals surface area contributed by atoms with Crippen molar-refractivity contribution < 1.29 is 28.9 Å². The van der Waals surface area contributed by atoms with Gasteiger partial charge in [0.1, 0.15) is 5.82 Å². The first kappa shape index (κ1) is 21.7. The molecule has 0 aliphatic carbocycles.